The standard InChI is InChI=1S/C20H21FN2O4/c1-13(24)22-17(12-15-8-5-9-16(21)10-15)19(25)23-18(20(26)27)11-14-6-3-2-4-7-14/h2-10,17-18H,11-12H2,1H3,(H,22,24)(H,23,25)(H,26,27)/t17-,18-/m0/s1. The summed E-state index contributed by atoms with van der Waals surface area (Å²) in [6.07, 6.45) is 0.148. The van der Waals surface area contributed by atoms with Crippen LogP contribution in [-0.4, -0.2) is 35.0 Å². The average molecular weight is 372 g/mol. The summed E-state index contributed by atoms with van der Waals surface area (Å²) < 4.78 is 13.4. The number of nitrogens with one attached hydrogen (secondary N) is 2. The molecule has 0 saturated carbocycles. The minimum Gasteiger partial charge on any atom is -0.480 e. The van der Waals surface area contributed by atoms with Gasteiger partial charge in [-0.15, -0.1) is 0 Å². The van der Waals surface area contributed by atoms with Gasteiger partial charge in [-0.05, 0) is 23.3 Å². The van der Waals surface area contributed by atoms with Crippen molar-refractivity contribution < 1.29 is 23.9 Å². The van der Waals surface area contributed by atoms with Gasteiger partial charge in [0.05, 0.1) is 0 Å². The van der Waals surface area contributed by atoms with Gasteiger partial charge in [0.1, 0.15) is 17.9 Å². The van der Waals surface area contributed by atoms with Gasteiger partial charge in [-0.25, -0.2) is 9.18 Å². The van der Waals surface area contributed by atoms with E-state index < -0.39 is 35.7 Å². The fourth-order valence-electron chi connectivity index (χ4n) is 2.68. The van der Waals surface area contributed by atoms with Crippen molar-refractivity contribution in [2.45, 2.75) is 31.8 Å². The molecule has 0 aliphatic carbocycles. The van der Waals surface area contributed by atoms with E-state index in [2.05, 4.69) is 10.6 Å². The molecule has 7 heteroatoms. The SMILES string of the molecule is CC(=O)N[C@@H](Cc1cccc(F)c1)C(=O)N[C@@H](Cc1ccccc1)C(=O)O. The Bertz CT molecular complexity index is 811. The van der Waals surface area contributed by atoms with E-state index >= 15 is 0 Å². The van der Waals surface area contributed by atoms with Crippen LogP contribution in [0.2, 0.25) is 0 Å². The predicted octanol–water partition coefficient (Wildman–Crippen LogP) is 1.68. The second-order valence-corrected chi connectivity index (χ2v) is 6.18. The van der Waals surface area contributed by atoms with Gasteiger partial charge in [-0.3, -0.25) is 9.59 Å². The first-order valence-corrected chi connectivity index (χ1v) is 8.44. The second kappa shape index (κ2) is 9.47. The number of halogens is 1. The topological polar surface area (TPSA) is 95.5 Å². The van der Waals surface area contributed by atoms with Crippen LogP contribution in [0, 0.1) is 5.82 Å². The number of hydrogen-bond acceptors (Lipinski definition) is 3. The van der Waals surface area contributed by atoms with Crippen molar-refractivity contribution in [3.8, 4) is 0 Å². The van der Waals surface area contributed by atoms with Crippen molar-refractivity contribution in [1.29, 1.82) is 0 Å². The average Bonchev–Trinajstić information content (AvgIpc) is 2.61. The van der Waals surface area contributed by atoms with Gasteiger partial charge in [-0.1, -0.05) is 42.5 Å². The molecule has 2 rings (SSSR count). The molecule has 2 amide bonds. The summed E-state index contributed by atoms with van der Waals surface area (Å²) in [6.45, 7) is 1.25. The highest BCUT2D eigenvalue weighted by Crippen LogP contribution is 2.08. The molecule has 0 unspecified atom stereocenters. The van der Waals surface area contributed by atoms with Crippen LogP contribution in [-0.2, 0) is 27.2 Å². The van der Waals surface area contributed by atoms with Crippen molar-refractivity contribution in [2.75, 3.05) is 0 Å². The molecule has 0 fully saturated rings. The maximum Gasteiger partial charge on any atom is 0.326 e. The molecule has 2 atom stereocenters. The van der Waals surface area contributed by atoms with Crippen molar-refractivity contribution in [3.63, 3.8) is 0 Å². The van der Waals surface area contributed by atoms with Crippen molar-refractivity contribution in [1.82, 2.24) is 10.6 Å². The van der Waals surface area contributed by atoms with Crippen molar-refractivity contribution >= 4 is 17.8 Å². The first kappa shape index (κ1) is 20.1. The zero-order valence-corrected chi connectivity index (χ0v) is 14.8. The smallest absolute Gasteiger partial charge is 0.326 e. The normalized spacial score (nSPS) is 12.7. The highest BCUT2D eigenvalue weighted by atomic mass is 19.1. The number of benzene rings is 2. The number of aliphatic carboxylic acids is 1. The monoisotopic (exact) mass is 372 g/mol. The molecule has 0 aromatic heterocycles. The second-order valence-electron chi connectivity index (χ2n) is 6.18. The molecule has 0 aliphatic rings. The summed E-state index contributed by atoms with van der Waals surface area (Å²) >= 11 is 0. The summed E-state index contributed by atoms with van der Waals surface area (Å²) in [5.41, 5.74) is 1.27. The van der Waals surface area contributed by atoms with Gasteiger partial charge >= 0.3 is 5.97 Å². The highest BCUT2D eigenvalue weighted by molar-refractivity contribution is 5.90. The molecular formula is C20H21FN2O4. The van der Waals surface area contributed by atoms with Gasteiger partial charge in [-0.2, -0.15) is 0 Å². The lowest BCUT2D eigenvalue weighted by Gasteiger charge is -2.21. The van der Waals surface area contributed by atoms with Crippen LogP contribution in [0.3, 0.4) is 0 Å². The Morgan fingerprint density at radius 3 is 2.15 bits per heavy atom. The van der Waals surface area contributed by atoms with Crippen molar-refractivity contribution in [3.05, 3.63) is 71.5 Å². The summed E-state index contributed by atoms with van der Waals surface area (Å²) in [5, 5.41) is 14.4. The summed E-state index contributed by atoms with van der Waals surface area (Å²) in [4.78, 5) is 35.6. The largest absolute Gasteiger partial charge is 0.480 e. The summed E-state index contributed by atoms with van der Waals surface area (Å²) in [6, 6.07) is 12.4. The van der Waals surface area contributed by atoms with E-state index in [0.717, 1.165) is 5.56 Å². The van der Waals surface area contributed by atoms with E-state index in [1.54, 1.807) is 30.3 Å². The molecule has 0 spiro atoms. The molecule has 0 aliphatic heterocycles. The lowest BCUT2D eigenvalue weighted by molar-refractivity contribution is -0.142. The maximum absolute atomic E-state index is 13.4. The minimum absolute atomic E-state index is 0.0425. The third-order valence-corrected chi connectivity index (χ3v) is 3.92. The Balaban J connectivity index is 2.12. The molecule has 6 nitrogen and oxygen atoms in total. The number of carboxylic acids is 1. The maximum atomic E-state index is 13.4. The third kappa shape index (κ3) is 6.54. The van der Waals surface area contributed by atoms with Crippen LogP contribution in [0.4, 0.5) is 4.39 Å². The zero-order valence-electron chi connectivity index (χ0n) is 14.8. The number of carbonyl (C=O) groups is 3. The van der Waals surface area contributed by atoms with E-state index in [9.17, 15) is 23.9 Å². The molecule has 2 aromatic carbocycles. The minimum atomic E-state index is -1.18. The summed E-state index contributed by atoms with van der Waals surface area (Å²) in [7, 11) is 0. The molecule has 0 heterocycles. The van der Waals surface area contributed by atoms with Crippen LogP contribution < -0.4 is 10.6 Å². The Kier molecular flexibility index (Phi) is 7.05. The predicted molar refractivity (Wildman–Crippen MR) is 97.4 cm³/mol. The van der Waals surface area contributed by atoms with Crippen LogP contribution >= 0.6 is 0 Å². The summed E-state index contributed by atoms with van der Waals surface area (Å²) in [5.74, 6) is -2.72. The lowest BCUT2D eigenvalue weighted by Crippen LogP contribution is -2.52. The molecular weight excluding hydrogens is 351 g/mol. The van der Waals surface area contributed by atoms with Crippen LogP contribution in [0.15, 0.2) is 54.6 Å². The van der Waals surface area contributed by atoms with E-state index in [1.807, 2.05) is 6.07 Å². The van der Waals surface area contributed by atoms with Gasteiger partial charge in [0.2, 0.25) is 11.8 Å². The Morgan fingerprint density at radius 1 is 0.926 bits per heavy atom. The number of carbonyl (C=O) groups excluding carboxylic acids is 2. The Morgan fingerprint density at radius 2 is 1.56 bits per heavy atom. The quantitative estimate of drug-likeness (QED) is 0.657. The molecule has 2 aromatic rings. The van der Waals surface area contributed by atoms with E-state index in [1.165, 1.54) is 25.1 Å². The molecule has 0 bridgehead atoms. The fourth-order valence-corrected chi connectivity index (χ4v) is 2.68. The van der Waals surface area contributed by atoms with Gasteiger partial charge in [0.25, 0.3) is 0 Å². The van der Waals surface area contributed by atoms with E-state index in [-0.39, 0.29) is 12.8 Å². The lowest BCUT2D eigenvalue weighted by atomic mass is 10.0. The van der Waals surface area contributed by atoms with E-state index in [0.29, 0.717) is 5.56 Å². The Hall–Kier alpha value is -3.22. The molecule has 0 radical (unpaired) electrons. The zero-order chi connectivity index (χ0) is 19.8. The molecule has 0 saturated heterocycles. The van der Waals surface area contributed by atoms with Crippen molar-refractivity contribution in [2.24, 2.45) is 0 Å². The van der Waals surface area contributed by atoms with Gasteiger partial charge in [0, 0.05) is 19.8 Å². The van der Waals surface area contributed by atoms with Crippen LogP contribution in [0.5, 0.6) is 0 Å². The fraction of sp³-hybridized carbons (Fsp3) is 0.250. The highest BCUT2D eigenvalue weighted by Gasteiger charge is 2.26. The van der Waals surface area contributed by atoms with Crippen LogP contribution in [0.25, 0.3) is 0 Å². The molecule has 27 heavy (non-hydrogen) atoms. The van der Waals surface area contributed by atoms with Crippen LogP contribution in [0.1, 0.15) is 18.1 Å². The van der Waals surface area contributed by atoms with E-state index in [4.69, 9.17) is 0 Å². The number of carboxylic acid groups (broad SMARTS) is 1. The first-order chi connectivity index (χ1) is 12.8. The molecule has 142 valence electrons. The first-order valence-electron chi connectivity index (χ1n) is 8.44. The number of amides is 2. The van der Waals surface area contributed by atoms with Gasteiger partial charge < -0.3 is 15.7 Å². The number of rotatable bonds is 8. The third-order valence-electron chi connectivity index (χ3n) is 3.92. The Labute approximate surface area is 156 Å². The number of hydrogen-bond donors (Lipinski definition) is 3. The van der Waals surface area contributed by atoms with Gasteiger partial charge in [0.15, 0.2) is 0 Å². The molecule has 3 N–H and O–H groups in total.